The third-order valence-electron chi connectivity index (χ3n) is 5.04. The van der Waals surface area contributed by atoms with E-state index in [4.69, 9.17) is 14.6 Å². The summed E-state index contributed by atoms with van der Waals surface area (Å²) in [7, 11) is 1.57. The number of alkyl carbamates (subject to hydrolysis) is 1. The first-order valence-corrected chi connectivity index (χ1v) is 10.5. The Balaban J connectivity index is 1.66. The molecule has 4 rings (SSSR count). The second-order valence-electron chi connectivity index (χ2n) is 8.59. The van der Waals surface area contributed by atoms with Crippen molar-refractivity contribution in [3.8, 4) is 22.5 Å². The van der Waals surface area contributed by atoms with E-state index in [-0.39, 0.29) is 6.54 Å². The summed E-state index contributed by atoms with van der Waals surface area (Å²) in [6.07, 6.45) is 4.77. The molecule has 3 aromatic rings. The van der Waals surface area contributed by atoms with Crippen molar-refractivity contribution in [2.24, 2.45) is 5.16 Å². The van der Waals surface area contributed by atoms with Crippen LogP contribution in [0.15, 0.2) is 47.9 Å². The zero-order valence-corrected chi connectivity index (χ0v) is 18.7. The van der Waals surface area contributed by atoms with Crippen LogP contribution in [0.1, 0.15) is 44.1 Å². The number of hydrogen-bond acceptors (Lipinski definition) is 6. The fraction of sp³-hybridized carbons (Fsp3) is 0.333. The van der Waals surface area contributed by atoms with E-state index in [1.807, 2.05) is 39.0 Å². The predicted octanol–water partition coefficient (Wildman–Crippen LogP) is 4.46. The van der Waals surface area contributed by atoms with Gasteiger partial charge in [0, 0.05) is 29.1 Å². The molecule has 0 bridgehead atoms. The maximum absolute atomic E-state index is 12.1. The van der Waals surface area contributed by atoms with Gasteiger partial charge in [0.25, 0.3) is 0 Å². The number of aryl methyl sites for hydroxylation is 1. The number of nitrogens with one attached hydrogen (secondary N) is 2. The topological polar surface area (TPSA) is 101 Å². The molecule has 0 atom stereocenters. The molecule has 0 radical (unpaired) electrons. The molecule has 1 aliphatic carbocycles. The molecule has 1 aromatic carbocycles. The summed E-state index contributed by atoms with van der Waals surface area (Å²) in [5.41, 5.74) is 6.39. The number of aromatic nitrogens is 3. The van der Waals surface area contributed by atoms with Gasteiger partial charge in [-0.2, -0.15) is 0 Å². The second kappa shape index (κ2) is 8.82. The molecule has 8 nitrogen and oxygen atoms in total. The van der Waals surface area contributed by atoms with Gasteiger partial charge in [0.05, 0.1) is 23.6 Å². The van der Waals surface area contributed by atoms with Gasteiger partial charge in [-0.1, -0.05) is 17.3 Å². The number of carbonyl (C=O) groups excluding carboxylic acids is 1. The van der Waals surface area contributed by atoms with E-state index in [9.17, 15) is 4.79 Å². The zero-order valence-electron chi connectivity index (χ0n) is 18.7. The van der Waals surface area contributed by atoms with Gasteiger partial charge in [0.2, 0.25) is 0 Å². The average Bonchev–Trinajstić information content (AvgIpc) is 3.36. The molecule has 2 N–H and O–H groups in total. The number of H-pyrrole nitrogens is 1. The number of imidazole rings is 1. The van der Waals surface area contributed by atoms with Crippen LogP contribution >= 0.6 is 0 Å². The lowest BCUT2D eigenvalue weighted by atomic mass is 10.0. The maximum Gasteiger partial charge on any atom is 0.408 e. The molecule has 166 valence electrons. The van der Waals surface area contributed by atoms with Gasteiger partial charge in [0.15, 0.2) is 0 Å². The van der Waals surface area contributed by atoms with E-state index < -0.39 is 11.7 Å². The summed E-state index contributed by atoms with van der Waals surface area (Å²) in [6, 6.07) is 10.1. The molecular formula is C24H27N5O3. The number of carbonyl (C=O) groups is 1. The molecule has 0 unspecified atom stereocenters. The molecule has 0 spiro atoms. The summed E-state index contributed by atoms with van der Waals surface area (Å²) in [4.78, 5) is 29.3. The summed E-state index contributed by atoms with van der Waals surface area (Å²) in [6.45, 7) is 5.71. The minimum Gasteiger partial charge on any atom is -0.444 e. The number of fused-ring (bicyclic) bond motifs is 1. The summed E-state index contributed by atoms with van der Waals surface area (Å²) in [5, 5.41) is 6.90. The molecule has 0 fully saturated rings. The van der Waals surface area contributed by atoms with Crippen LogP contribution < -0.4 is 5.32 Å². The Labute approximate surface area is 187 Å². The molecule has 0 aliphatic heterocycles. The van der Waals surface area contributed by atoms with E-state index in [2.05, 4.69) is 32.6 Å². The largest absolute Gasteiger partial charge is 0.444 e. The van der Waals surface area contributed by atoms with Crippen LogP contribution in [0.5, 0.6) is 0 Å². The first-order valence-electron chi connectivity index (χ1n) is 10.5. The molecule has 8 heteroatoms. The fourth-order valence-corrected chi connectivity index (χ4v) is 3.73. The fourth-order valence-electron chi connectivity index (χ4n) is 3.73. The van der Waals surface area contributed by atoms with Gasteiger partial charge in [0.1, 0.15) is 18.5 Å². The molecule has 32 heavy (non-hydrogen) atoms. The van der Waals surface area contributed by atoms with Crippen LogP contribution in [0.3, 0.4) is 0 Å². The highest BCUT2D eigenvalue weighted by Gasteiger charge is 2.22. The summed E-state index contributed by atoms with van der Waals surface area (Å²) in [5.74, 6) is 0.639. The lowest BCUT2D eigenvalue weighted by Gasteiger charge is -2.19. The Morgan fingerprint density at radius 1 is 1.16 bits per heavy atom. The van der Waals surface area contributed by atoms with E-state index in [0.29, 0.717) is 5.82 Å². The number of benzene rings is 1. The molecule has 0 saturated heterocycles. The minimum atomic E-state index is -0.560. The number of oxime groups is 1. The van der Waals surface area contributed by atoms with Gasteiger partial charge in [-0.3, -0.25) is 4.98 Å². The van der Waals surface area contributed by atoms with Gasteiger partial charge >= 0.3 is 6.09 Å². The summed E-state index contributed by atoms with van der Waals surface area (Å²) < 4.78 is 5.32. The van der Waals surface area contributed by atoms with E-state index in [1.54, 1.807) is 19.5 Å². The van der Waals surface area contributed by atoms with Crippen molar-refractivity contribution in [1.29, 1.82) is 0 Å². The Hall–Kier alpha value is -3.68. The Morgan fingerprint density at radius 2 is 1.94 bits per heavy atom. The van der Waals surface area contributed by atoms with Crippen molar-refractivity contribution in [1.82, 2.24) is 20.3 Å². The Kier molecular flexibility index (Phi) is 5.94. The third-order valence-corrected chi connectivity index (χ3v) is 5.04. The van der Waals surface area contributed by atoms with Crippen molar-refractivity contribution in [3.63, 3.8) is 0 Å². The van der Waals surface area contributed by atoms with Crippen LogP contribution in [0.4, 0.5) is 4.79 Å². The Morgan fingerprint density at radius 3 is 2.66 bits per heavy atom. The monoisotopic (exact) mass is 433 g/mol. The van der Waals surface area contributed by atoms with Gasteiger partial charge in [-0.15, -0.1) is 0 Å². The smallest absolute Gasteiger partial charge is 0.408 e. The van der Waals surface area contributed by atoms with Crippen LogP contribution in [0, 0.1) is 0 Å². The van der Waals surface area contributed by atoms with Crippen LogP contribution in [-0.4, -0.2) is 39.5 Å². The summed E-state index contributed by atoms with van der Waals surface area (Å²) >= 11 is 0. The highest BCUT2D eigenvalue weighted by atomic mass is 16.6. The number of nitrogens with zero attached hydrogens (tertiary/aromatic N) is 3. The highest BCUT2D eigenvalue weighted by Crippen LogP contribution is 2.33. The quantitative estimate of drug-likeness (QED) is 0.579. The number of rotatable bonds is 5. The average molecular weight is 434 g/mol. The predicted molar refractivity (Wildman–Crippen MR) is 122 cm³/mol. The zero-order chi connectivity index (χ0) is 22.7. The van der Waals surface area contributed by atoms with Crippen LogP contribution in [-0.2, 0) is 22.5 Å². The number of pyridine rings is 1. The van der Waals surface area contributed by atoms with Crippen molar-refractivity contribution in [2.45, 2.75) is 45.8 Å². The van der Waals surface area contributed by atoms with Gasteiger partial charge in [-0.05, 0) is 57.4 Å². The molecule has 0 saturated carbocycles. The normalized spacial score (nSPS) is 14.3. The van der Waals surface area contributed by atoms with E-state index in [1.165, 1.54) is 5.56 Å². The first-order chi connectivity index (χ1) is 15.3. The van der Waals surface area contributed by atoms with E-state index >= 15 is 0 Å². The molecular weight excluding hydrogens is 406 g/mol. The molecule has 2 aromatic heterocycles. The van der Waals surface area contributed by atoms with Crippen molar-refractivity contribution in [3.05, 3.63) is 59.7 Å². The lowest BCUT2D eigenvalue weighted by molar-refractivity contribution is 0.0522. The minimum absolute atomic E-state index is 0.225. The van der Waals surface area contributed by atoms with Gasteiger partial charge < -0.3 is 19.9 Å². The first kappa shape index (κ1) is 21.5. The van der Waals surface area contributed by atoms with Crippen molar-refractivity contribution >= 4 is 11.8 Å². The number of hydrogen-bond donors (Lipinski definition) is 2. The number of aromatic amines is 1. The van der Waals surface area contributed by atoms with Crippen molar-refractivity contribution in [2.75, 3.05) is 7.11 Å². The van der Waals surface area contributed by atoms with Crippen LogP contribution in [0.2, 0.25) is 0 Å². The standard InChI is InChI=1S/C24H27N5O3/c1-24(2,3)32-23(30)26-14-20-27-21(15-9-11-25-12-10-15)22(28-20)17-5-7-18-16(13-17)6-8-19(18)29-31-4/h5,7,9-13H,6,8,14H2,1-4H3,(H,26,30)(H,27,28). The number of amides is 1. The molecule has 1 amide bonds. The Bertz CT molecular complexity index is 1150. The molecule has 2 heterocycles. The van der Waals surface area contributed by atoms with E-state index in [0.717, 1.165) is 46.6 Å². The third kappa shape index (κ3) is 4.80. The maximum atomic E-state index is 12.1. The van der Waals surface area contributed by atoms with Gasteiger partial charge in [-0.25, -0.2) is 9.78 Å². The highest BCUT2D eigenvalue weighted by molar-refractivity contribution is 6.04. The van der Waals surface area contributed by atoms with Crippen molar-refractivity contribution < 1.29 is 14.4 Å². The molecule has 1 aliphatic rings. The second-order valence-corrected chi connectivity index (χ2v) is 8.59. The lowest BCUT2D eigenvalue weighted by Crippen LogP contribution is -2.32. The number of ether oxygens (including phenoxy) is 1. The SMILES string of the molecule is CON=C1CCc2cc(-c3nc(CNC(=O)OC(C)(C)C)[nH]c3-c3ccncc3)ccc21. The van der Waals surface area contributed by atoms with Crippen LogP contribution in [0.25, 0.3) is 22.5 Å².